The second-order valence-electron chi connectivity index (χ2n) is 7.99. The summed E-state index contributed by atoms with van der Waals surface area (Å²) in [5.74, 6) is -1.35. The fourth-order valence-corrected chi connectivity index (χ4v) is 3.90. The molecule has 168 valence electrons. The van der Waals surface area contributed by atoms with Gasteiger partial charge in [-0.2, -0.15) is 0 Å². The molecule has 3 amide bonds. The first-order valence-corrected chi connectivity index (χ1v) is 10.7. The molecule has 32 heavy (non-hydrogen) atoms. The number of hydrogen-bond acceptors (Lipinski definition) is 3. The number of piperidine rings is 1. The number of benzene rings is 2. The minimum atomic E-state index is -0.760. The third kappa shape index (κ3) is 5.81. The third-order valence-corrected chi connectivity index (χ3v) is 5.66. The molecule has 1 fully saturated rings. The predicted molar refractivity (Wildman–Crippen MR) is 121 cm³/mol. The number of hydrogen-bond donors (Lipinski definition) is 2. The summed E-state index contributed by atoms with van der Waals surface area (Å²) in [6, 6.07) is 11.9. The summed E-state index contributed by atoms with van der Waals surface area (Å²) in [5.41, 5.74) is 1.95. The lowest BCUT2D eigenvalue weighted by molar-refractivity contribution is -0.124. The summed E-state index contributed by atoms with van der Waals surface area (Å²) in [4.78, 5) is 40.1. The topological polar surface area (TPSA) is 78.5 Å². The molecule has 0 unspecified atom stereocenters. The summed E-state index contributed by atoms with van der Waals surface area (Å²) in [7, 11) is 0. The quantitative estimate of drug-likeness (QED) is 0.654. The van der Waals surface area contributed by atoms with Gasteiger partial charge < -0.3 is 15.5 Å². The summed E-state index contributed by atoms with van der Waals surface area (Å²) in [6.45, 7) is 6.82. The zero-order valence-electron chi connectivity index (χ0n) is 18.1. The van der Waals surface area contributed by atoms with Crippen LogP contribution in [-0.4, -0.2) is 48.3 Å². The first-order valence-electron chi connectivity index (χ1n) is 10.7. The van der Waals surface area contributed by atoms with E-state index in [-0.39, 0.29) is 29.8 Å². The molecule has 2 aromatic carbocycles. The molecule has 1 aliphatic heterocycles. The number of carbonyl (C=O) groups excluding carboxylic acids is 3. The van der Waals surface area contributed by atoms with E-state index in [1.165, 1.54) is 24.3 Å². The number of nitrogens with zero attached hydrogens (tertiary/aromatic N) is 1. The fourth-order valence-electron chi connectivity index (χ4n) is 3.90. The van der Waals surface area contributed by atoms with Crippen LogP contribution in [0.2, 0.25) is 0 Å². The summed E-state index contributed by atoms with van der Waals surface area (Å²) in [5, 5.41) is 5.55. The molecule has 3 rings (SSSR count). The highest BCUT2D eigenvalue weighted by atomic mass is 19.1. The Morgan fingerprint density at radius 1 is 1.12 bits per heavy atom. The maximum absolute atomic E-state index is 13.2. The van der Waals surface area contributed by atoms with Crippen LogP contribution in [0.15, 0.2) is 61.2 Å². The molecule has 0 bridgehead atoms. The van der Waals surface area contributed by atoms with Gasteiger partial charge in [0, 0.05) is 30.8 Å². The van der Waals surface area contributed by atoms with E-state index in [9.17, 15) is 18.8 Å². The van der Waals surface area contributed by atoms with Crippen molar-refractivity contribution in [2.75, 3.05) is 19.6 Å². The highest BCUT2D eigenvalue weighted by molar-refractivity contribution is 5.97. The van der Waals surface area contributed by atoms with Crippen molar-refractivity contribution in [3.05, 3.63) is 83.7 Å². The van der Waals surface area contributed by atoms with Crippen molar-refractivity contribution in [2.24, 2.45) is 5.92 Å². The van der Waals surface area contributed by atoms with Gasteiger partial charge in [-0.25, -0.2) is 4.39 Å². The van der Waals surface area contributed by atoms with Crippen LogP contribution < -0.4 is 10.6 Å². The normalized spacial score (nSPS) is 15.0. The molecule has 2 aromatic rings. The molecular weight excluding hydrogens is 409 g/mol. The molecule has 0 aliphatic carbocycles. The van der Waals surface area contributed by atoms with E-state index in [1.54, 1.807) is 17.0 Å². The minimum Gasteiger partial charge on any atom is -0.351 e. The molecule has 1 heterocycles. The predicted octanol–water partition coefficient (Wildman–Crippen LogP) is 3.09. The van der Waals surface area contributed by atoms with Crippen LogP contribution in [0.5, 0.6) is 0 Å². The third-order valence-electron chi connectivity index (χ3n) is 5.66. The largest absolute Gasteiger partial charge is 0.351 e. The summed E-state index contributed by atoms with van der Waals surface area (Å²) in [6.07, 6.45) is 2.72. The lowest BCUT2D eigenvalue weighted by atomic mass is 9.88. The van der Waals surface area contributed by atoms with E-state index in [1.807, 2.05) is 25.1 Å². The number of nitrogens with one attached hydrogen (secondary N) is 2. The van der Waals surface area contributed by atoms with Crippen LogP contribution in [0.3, 0.4) is 0 Å². The summed E-state index contributed by atoms with van der Waals surface area (Å²) < 4.78 is 13.2. The van der Waals surface area contributed by atoms with Gasteiger partial charge in [-0.05, 0) is 62.1 Å². The van der Waals surface area contributed by atoms with E-state index in [0.717, 1.165) is 5.56 Å². The first-order chi connectivity index (χ1) is 15.4. The van der Waals surface area contributed by atoms with E-state index in [4.69, 9.17) is 0 Å². The number of rotatable bonds is 7. The van der Waals surface area contributed by atoms with Gasteiger partial charge >= 0.3 is 0 Å². The van der Waals surface area contributed by atoms with Crippen molar-refractivity contribution >= 4 is 17.7 Å². The fraction of sp³-hybridized carbons (Fsp3) is 0.320. The molecule has 0 radical (unpaired) electrons. The first kappa shape index (κ1) is 23.2. The number of likely N-dealkylation sites (tertiary alicyclic amines) is 1. The maximum Gasteiger partial charge on any atom is 0.253 e. The number of carbonyl (C=O) groups is 3. The summed E-state index contributed by atoms with van der Waals surface area (Å²) >= 11 is 0. The second kappa shape index (κ2) is 10.7. The number of halogens is 1. The van der Waals surface area contributed by atoms with Gasteiger partial charge in [0.25, 0.3) is 11.8 Å². The van der Waals surface area contributed by atoms with Crippen LogP contribution in [0.4, 0.5) is 4.39 Å². The lowest BCUT2D eigenvalue weighted by Crippen LogP contribution is -2.53. The Hall–Kier alpha value is -3.48. The molecule has 2 N–H and O–H groups in total. The SMILES string of the molecule is C=CCNC(=O)[C@H](NC(=O)c1ccc(F)cc1)C1CCN(C(=O)c2cccc(C)c2)CC1. The average Bonchev–Trinajstić information content (AvgIpc) is 2.81. The molecule has 7 heteroatoms. The van der Waals surface area contributed by atoms with Gasteiger partial charge in [0.1, 0.15) is 11.9 Å². The lowest BCUT2D eigenvalue weighted by Gasteiger charge is -2.36. The Labute approximate surface area is 187 Å². The number of amides is 3. The van der Waals surface area contributed by atoms with Crippen LogP contribution in [-0.2, 0) is 4.79 Å². The van der Waals surface area contributed by atoms with Crippen LogP contribution >= 0.6 is 0 Å². The Morgan fingerprint density at radius 2 is 1.81 bits per heavy atom. The molecular formula is C25H28FN3O3. The molecule has 1 atom stereocenters. The molecule has 1 aliphatic rings. The molecule has 1 saturated heterocycles. The Kier molecular flexibility index (Phi) is 7.76. The van der Waals surface area contributed by atoms with Crippen LogP contribution in [0, 0.1) is 18.7 Å². The van der Waals surface area contributed by atoms with Crippen LogP contribution in [0.1, 0.15) is 39.1 Å². The monoisotopic (exact) mass is 437 g/mol. The average molecular weight is 438 g/mol. The van der Waals surface area contributed by atoms with Gasteiger partial charge in [-0.15, -0.1) is 6.58 Å². The van der Waals surface area contributed by atoms with E-state index in [0.29, 0.717) is 31.5 Å². The van der Waals surface area contributed by atoms with Gasteiger partial charge in [0.05, 0.1) is 0 Å². The van der Waals surface area contributed by atoms with Crippen molar-refractivity contribution in [1.29, 1.82) is 0 Å². The van der Waals surface area contributed by atoms with Crippen molar-refractivity contribution in [3.63, 3.8) is 0 Å². The van der Waals surface area contributed by atoms with E-state index >= 15 is 0 Å². The molecule has 0 saturated carbocycles. The molecule has 0 spiro atoms. The zero-order valence-corrected chi connectivity index (χ0v) is 18.1. The van der Waals surface area contributed by atoms with Gasteiger partial charge in [-0.1, -0.05) is 23.8 Å². The highest BCUT2D eigenvalue weighted by Gasteiger charge is 2.34. The van der Waals surface area contributed by atoms with Crippen molar-refractivity contribution < 1.29 is 18.8 Å². The van der Waals surface area contributed by atoms with Crippen molar-refractivity contribution in [2.45, 2.75) is 25.8 Å². The van der Waals surface area contributed by atoms with E-state index < -0.39 is 17.8 Å². The van der Waals surface area contributed by atoms with Gasteiger partial charge in [0.2, 0.25) is 5.91 Å². The van der Waals surface area contributed by atoms with Crippen molar-refractivity contribution in [3.8, 4) is 0 Å². The number of aryl methyl sites for hydroxylation is 1. The second-order valence-corrected chi connectivity index (χ2v) is 7.99. The molecule has 0 aromatic heterocycles. The Bertz CT molecular complexity index is 982. The molecule has 6 nitrogen and oxygen atoms in total. The smallest absolute Gasteiger partial charge is 0.253 e. The van der Waals surface area contributed by atoms with E-state index in [2.05, 4.69) is 17.2 Å². The van der Waals surface area contributed by atoms with Gasteiger partial charge in [0.15, 0.2) is 0 Å². The van der Waals surface area contributed by atoms with Crippen LogP contribution in [0.25, 0.3) is 0 Å². The Morgan fingerprint density at radius 3 is 2.44 bits per heavy atom. The Balaban J connectivity index is 1.68. The minimum absolute atomic E-state index is 0.0323. The van der Waals surface area contributed by atoms with Gasteiger partial charge in [-0.3, -0.25) is 14.4 Å². The maximum atomic E-state index is 13.2. The standard InChI is InChI=1S/C25H28FN3O3/c1-3-13-27-24(31)22(28-23(30)19-7-9-21(26)10-8-19)18-11-14-29(15-12-18)25(32)20-6-4-5-17(2)16-20/h3-10,16,18,22H,1,11-15H2,2H3,(H,27,31)(H,28,30)/t22-/m1/s1. The van der Waals surface area contributed by atoms with Crippen molar-refractivity contribution in [1.82, 2.24) is 15.5 Å². The highest BCUT2D eigenvalue weighted by Crippen LogP contribution is 2.23. The zero-order chi connectivity index (χ0) is 23.1.